The van der Waals surface area contributed by atoms with Crippen molar-refractivity contribution in [2.45, 2.75) is 45.6 Å². The summed E-state index contributed by atoms with van der Waals surface area (Å²) < 4.78 is 7.79. The largest absolute Gasteiger partial charge is 0.381 e. The van der Waals surface area contributed by atoms with Crippen LogP contribution in [0.25, 0.3) is 11.2 Å². The quantitative estimate of drug-likeness (QED) is 0.844. The van der Waals surface area contributed by atoms with E-state index in [-0.39, 0.29) is 5.41 Å². The Labute approximate surface area is 120 Å². The molecule has 4 heteroatoms. The van der Waals surface area contributed by atoms with E-state index in [9.17, 15) is 0 Å². The fraction of sp³-hybridized carbons (Fsp3) is 0.625. The summed E-state index contributed by atoms with van der Waals surface area (Å²) in [6, 6.07) is 4.01. The van der Waals surface area contributed by atoms with Crippen molar-refractivity contribution in [3.05, 3.63) is 24.2 Å². The van der Waals surface area contributed by atoms with Crippen LogP contribution in [-0.4, -0.2) is 27.7 Å². The molecular formula is C16H23N3O. The highest BCUT2D eigenvalue weighted by Gasteiger charge is 2.25. The van der Waals surface area contributed by atoms with Crippen molar-refractivity contribution in [2.24, 2.45) is 5.92 Å². The number of hydrogen-bond donors (Lipinski definition) is 0. The summed E-state index contributed by atoms with van der Waals surface area (Å²) in [7, 11) is 0. The molecule has 1 aliphatic heterocycles. The minimum absolute atomic E-state index is 0.0336. The topological polar surface area (TPSA) is 39.9 Å². The van der Waals surface area contributed by atoms with Crippen LogP contribution in [-0.2, 0) is 16.7 Å². The molecule has 4 nitrogen and oxygen atoms in total. The van der Waals surface area contributed by atoms with E-state index in [0.29, 0.717) is 5.92 Å². The monoisotopic (exact) mass is 273 g/mol. The van der Waals surface area contributed by atoms with Gasteiger partial charge < -0.3 is 9.30 Å². The van der Waals surface area contributed by atoms with Crippen LogP contribution >= 0.6 is 0 Å². The molecule has 0 spiro atoms. The lowest BCUT2D eigenvalue weighted by Crippen LogP contribution is -2.25. The lowest BCUT2D eigenvalue weighted by molar-refractivity contribution is 0.0611. The second-order valence-corrected chi connectivity index (χ2v) is 6.70. The maximum atomic E-state index is 5.46. The lowest BCUT2D eigenvalue weighted by atomic mass is 9.94. The van der Waals surface area contributed by atoms with Gasteiger partial charge in [0.25, 0.3) is 0 Å². The van der Waals surface area contributed by atoms with Crippen LogP contribution in [0, 0.1) is 5.92 Å². The average molecular weight is 273 g/mol. The van der Waals surface area contributed by atoms with Crippen molar-refractivity contribution in [3.8, 4) is 0 Å². The first-order valence-corrected chi connectivity index (χ1v) is 7.45. The zero-order chi connectivity index (χ0) is 14.2. The molecule has 0 atom stereocenters. The SMILES string of the molecule is CC(C)(C)c1nc2cccnc2n1CC1CCOCC1. The summed E-state index contributed by atoms with van der Waals surface area (Å²) in [4.78, 5) is 9.37. The Morgan fingerprint density at radius 2 is 2.05 bits per heavy atom. The van der Waals surface area contributed by atoms with Crippen LogP contribution in [0.3, 0.4) is 0 Å². The molecule has 1 saturated heterocycles. The maximum absolute atomic E-state index is 5.46. The third-order valence-electron chi connectivity index (χ3n) is 3.96. The molecule has 2 aromatic heterocycles. The maximum Gasteiger partial charge on any atom is 0.160 e. The van der Waals surface area contributed by atoms with Gasteiger partial charge in [-0.1, -0.05) is 20.8 Å². The average Bonchev–Trinajstić information content (AvgIpc) is 2.79. The Bertz CT molecular complexity index is 591. The van der Waals surface area contributed by atoms with E-state index in [1.807, 2.05) is 12.3 Å². The van der Waals surface area contributed by atoms with Crippen LogP contribution in [0.15, 0.2) is 18.3 Å². The molecule has 0 radical (unpaired) electrons. The summed E-state index contributed by atoms with van der Waals surface area (Å²) in [6.45, 7) is 9.42. The molecule has 0 N–H and O–H groups in total. The molecule has 1 aliphatic rings. The van der Waals surface area contributed by atoms with Gasteiger partial charge in [-0.3, -0.25) is 0 Å². The van der Waals surface area contributed by atoms with E-state index >= 15 is 0 Å². The molecule has 0 aliphatic carbocycles. The van der Waals surface area contributed by atoms with Gasteiger partial charge in [0, 0.05) is 31.4 Å². The Kier molecular flexibility index (Phi) is 3.50. The summed E-state index contributed by atoms with van der Waals surface area (Å²) in [5.41, 5.74) is 2.06. The summed E-state index contributed by atoms with van der Waals surface area (Å²) >= 11 is 0. The van der Waals surface area contributed by atoms with Crippen LogP contribution in [0.4, 0.5) is 0 Å². The van der Waals surface area contributed by atoms with Crippen molar-refractivity contribution < 1.29 is 4.74 Å². The van der Waals surface area contributed by atoms with Gasteiger partial charge in [-0.15, -0.1) is 0 Å². The van der Waals surface area contributed by atoms with Gasteiger partial charge in [-0.25, -0.2) is 9.97 Å². The van der Waals surface area contributed by atoms with E-state index in [1.54, 1.807) is 0 Å². The van der Waals surface area contributed by atoms with E-state index in [1.165, 1.54) is 0 Å². The molecule has 0 bridgehead atoms. The zero-order valence-electron chi connectivity index (χ0n) is 12.6. The number of ether oxygens (including phenoxy) is 1. The summed E-state index contributed by atoms with van der Waals surface area (Å²) in [5, 5.41) is 0. The van der Waals surface area contributed by atoms with Crippen molar-refractivity contribution in [1.29, 1.82) is 0 Å². The van der Waals surface area contributed by atoms with Gasteiger partial charge in [-0.2, -0.15) is 0 Å². The van der Waals surface area contributed by atoms with Crippen molar-refractivity contribution in [1.82, 2.24) is 14.5 Å². The molecule has 108 valence electrons. The smallest absolute Gasteiger partial charge is 0.160 e. The molecule has 2 aromatic rings. The Morgan fingerprint density at radius 1 is 1.30 bits per heavy atom. The molecule has 20 heavy (non-hydrogen) atoms. The van der Waals surface area contributed by atoms with Crippen LogP contribution < -0.4 is 0 Å². The number of imidazole rings is 1. The molecule has 0 amide bonds. The third kappa shape index (κ3) is 2.57. The normalized spacial score (nSPS) is 17.8. The van der Waals surface area contributed by atoms with Crippen LogP contribution in [0.1, 0.15) is 39.4 Å². The van der Waals surface area contributed by atoms with Gasteiger partial charge in [0.05, 0.1) is 0 Å². The molecule has 1 fully saturated rings. The fourth-order valence-electron chi connectivity index (χ4n) is 2.89. The number of fused-ring (bicyclic) bond motifs is 1. The number of pyridine rings is 1. The molecule has 0 aromatic carbocycles. The van der Waals surface area contributed by atoms with E-state index in [0.717, 1.165) is 49.6 Å². The highest BCUT2D eigenvalue weighted by molar-refractivity contribution is 5.71. The Balaban J connectivity index is 2.01. The van der Waals surface area contributed by atoms with Crippen LogP contribution in [0.2, 0.25) is 0 Å². The van der Waals surface area contributed by atoms with Crippen LogP contribution in [0.5, 0.6) is 0 Å². The van der Waals surface area contributed by atoms with Crippen molar-refractivity contribution in [3.63, 3.8) is 0 Å². The second kappa shape index (κ2) is 5.17. The van der Waals surface area contributed by atoms with E-state index in [2.05, 4.69) is 36.4 Å². The van der Waals surface area contributed by atoms with Crippen molar-refractivity contribution in [2.75, 3.05) is 13.2 Å². The highest BCUT2D eigenvalue weighted by Crippen LogP contribution is 2.28. The molecule has 0 unspecified atom stereocenters. The Hall–Kier alpha value is -1.42. The second-order valence-electron chi connectivity index (χ2n) is 6.70. The van der Waals surface area contributed by atoms with Gasteiger partial charge in [-0.05, 0) is 30.9 Å². The lowest BCUT2D eigenvalue weighted by Gasteiger charge is -2.26. The van der Waals surface area contributed by atoms with Gasteiger partial charge in [0.2, 0.25) is 0 Å². The summed E-state index contributed by atoms with van der Waals surface area (Å²) in [6.07, 6.45) is 4.13. The van der Waals surface area contributed by atoms with Crippen molar-refractivity contribution >= 4 is 11.2 Å². The number of rotatable bonds is 2. The number of aromatic nitrogens is 3. The van der Waals surface area contributed by atoms with Gasteiger partial charge >= 0.3 is 0 Å². The Morgan fingerprint density at radius 3 is 2.75 bits per heavy atom. The minimum Gasteiger partial charge on any atom is -0.381 e. The predicted octanol–water partition coefficient (Wildman–Crippen LogP) is 3.16. The highest BCUT2D eigenvalue weighted by atomic mass is 16.5. The molecule has 3 heterocycles. The molecular weight excluding hydrogens is 250 g/mol. The minimum atomic E-state index is 0.0336. The summed E-state index contributed by atoms with van der Waals surface area (Å²) in [5.74, 6) is 1.81. The van der Waals surface area contributed by atoms with E-state index in [4.69, 9.17) is 9.72 Å². The van der Waals surface area contributed by atoms with Gasteiger partial charge in [0.15, 0.2) is 5.65 Å². The third-order valence-corrected chi connectivity index (χ3v) is 3.96. The molecule has 0 saturated carbocycles. The van der Waals surface area contributed by atoms with E-state index < -0.39 is 0 Å². The first kappa shape index (κ1) is 13.6. The predicted molar refractivity (Wildman–Crippen MR) is 79.8 cm³/mol. The first-order valence-electron chi connectivity index (χ1n) is 7.45. The molecule has 3 rings (SSSR count). The number of hydrogen-bond acceptors (Lipinski definition) is 3. The first-order chi connectivity index (χ1) is 9.55. The standard InChI is InChI=1S/C16H23N3O/c1-16(2,3)15-18-13-5-4-8-17-14(13)19(15)11-12-6-9-20-10-7-12/h4-5,8,12H,6-7,9-11H2,1-3H3. The zero-order valence-corrected chi connectivity index (χ0v) is 12.6. The number of nitrogens with zero attached hydrogens (tertiary/aromatic N) is 3. The fourth-order valence-corrected chi connectivity index (χ4v) is 2.89. The van der Waals surface area contributed by atoms with Gasteiger partial charge in [0.1, 0.15) is 11.3 Å².